The Morgan fingerprint density at radius 3 is 2.38 bits per heavy atom. The van der Waals surface area contributed by atoms with E-state index >= 15 is 0 Å². The highest BCUT2D eigenvalue weighted by atomic mass is 16.2. The lowest BCUT2D eigenvalue weighted by atomic mass is 9.93. The van der Waals surface area contributed by atoms with Gasteiger partial charge < -0.3 is 11.1 Å². The molecule has 0 aliphatic heterocycles. The fraction of sp³-hybridized carbons (Fsp3) is 0.800. The second-order valence-corrected chi connectivity index (χ2v) is 4.67. The number of carbonyl (C=O) groups is 2. The molecule has 0 bridgehead atoms. The maximum Gasteiger partial charge on any atom is 0.321 e. The minimum Gasteiger partial charge on any atom is -0.341 e. The molecule has 0 heterocycles. The third-order valence-electron chi connectivity index (χ3n) is 2.14. The van der Waals surface area contributed by atoms with Crippen LogP contribution in [0.15, 0.2) is 0 Å². The van der Waals surface area contributed by atoms with Crippen LogP contribution in [0.25, 0.3) is 0 Å². The number of nitrogens with one attached hydrogen (secondary N) is 2. The Bertz CT molecular complexity index is 253. The molecule has 4 N–H and O–H groups in total. The first-order valence-corrected chi connectivity index (χ1v) is 5.21. The molecule has 0 fully saturated rings. The van der Waals surface area contributed by atoms with Gasteiger partial charge in [0.1, 0.15) is 0 Å². The highest BCUT2D eigenvalue weighted by Gasteiger charge is 2.19. The number of hydrogen-bond donors (Lipinski definition) is 3. The zero-order valence-corrected chi connectivity index (χ0v) is 10.5. The van der Waals surface area contributed by atoms with Crippen LogP contribution in [0, 0.1) is 5.41 Å². The molecule has 0 radical (unpaired) electrons. The van der Waals surface area contributed by atoms with Gasteiger partial charge in [-0.2, -0.15) is 0 Å². The summed E-state index contributed by atoms with van der Waals surface area (Å²) in [5, 5.41) is 4.52. The summed E-state index contributed by atoms with van der Waals surface area (Å²) < 4.78 is 0. The average Bonchev–Trinajstić information content (AvgIpc) is 2.16. The molecule has 0 aromatic heterocycles. The summed E-state index contributed by atoms with van der Waals surface area (Å²) in [6, 6.07) is -0.489. The third-order valence-corrected chi connectivity index (χ3v) is 2.14. The Labute approximate surface area is 96.5 Å². The van der Waals surface area contributed by atoms with Gasteiger partial charge in [0.2, 0.25) is 5.91 Å². The van der Waals surface area contributed by atoms with Crippen molar-refractivity contribution < 1.29 is 9.59 Å². The summed E-state index contributed by atoms with van der Waals surface area (Å²) in [5.41, 5.74) is 5.56. The first-order chi connectivity index (χ1) is 7.30. The summed E-state index contributed by atoms with van der Waals surface area (Å²) in [4.78, 5) is 24.1. The number of nitrogens with two attached hydrogens (primary N) is 1. The highest BCUT2D eigenvalue weighted by Crippen LogP contribution is 2.13. The molecule has 6 heteroatoms. The van der Waals surface area contributed by atoms with E-state index in [1.54, 1.807) is 0 Å². The predicted molar refractivity (Wildman–Crippen MR) is 62.9 cm³/mol. The van der Waals surface area contributed by atoms with Crippen molar-refractivity contribution in [2.75, 3.05) is 33.7 Å². The van der Waals surface area contributed by atoms with Crippen LogP contribution in [0.4, 0.5) is 4.79 Å². The van der Waals surface area contributed by atoms with Crippen LogP contribution in [0.2, 0.25) is 0 Å². The molecule has 0 aromatic carbocycles. The van der Waals surface area contributed by atoms with E-state index in [1.807, 2.05) is 25.8 Å². The van der Waals surface area contributed by atoms with Crippen LogP contribution in [0.5, 0.6) is 0 Å². The van der Waals surface area contributed by atoms with Gasteiger partial charge in [-0.25, -0.2) is 4.79 Å². The summed E-state index contributed by atoms with van der Waals surface area (Å²) in [7, 11) is 3.28. The molecular formula is C10H22N4O2. The SMILES string of the molecule is CNC(=O)NC(=O)CN(C)CC(C)(C)CN. The first-order valence-electron chi connectivity index (χ1n) is 5.21. The van der Waals surface area contributed by atoms with Crippen LogP contribution >= 0.6 is 0 Å². The first kappa shape index (κ1) is 14.9. The number of likely N-dealkylation sites (N-methyl/N-ethyl adjacent to an activating group) is 1. The number of imide groups is 1. The molecule has 0 saturated heterocycles. The number of hydrogen-bond acceptors (Lipinski definition) is 4. The molecule has 94 valence electrons. The molecule has 0 atom stereocenters. The molecular weight excluding hydrogens is 208 g/mol. The Balaban J connectivity index is 4.00. The molecule has 0 saturated carbocycles. The Hall–Kier alpha value is -1.14. The Morgan fingerprint density at radius 1 is 1.38 bits per heavy atom. The standard InChI is InChI=1S/C10H22N4O2/c1-10(2,6-11)7-14(4)5-8(15)13-9(16)12-3/h5-7,11H2,1-4H3,(H2,12,13,15,16). The van der Waals surface area contributed by atoms with Gasteiger partial charge in [0.25, 0.3) is 0 Å². The van der Waals surface area contributed by atoms with E-state index in [1.165, 1.54) is 7.05 Å². The quantitative estimate of drug-likeness (QED) is 0.586. The fourth-order valence-corrected chi connectivity index (χ4v) is 1.32. The summed E-state index contributed by atoms with van der Waals surface area (Å²) >= 11 is 0. The lowest BCUT2D eigenvalue weighted by molar-refractivity contribution is -0.121. The van der Waals surface area contributed by atoms with Crippen molar-refractivity contribution in [3.05, 3.63) is 0 Å². The minimum atomic E-state index is -0.489. The van der Waals surface area contributed by atoms with E-state index in [9.17, 15) is 9.59 Å². The number of nitrogens with zero attached hydrogens (tertiary/aromatic N) is 1. The van der Waals surface area contributed by atoms with Gasteiger partial charge in [-0.1, -0.05) is 13.8 Å². The van der Waals surface area contributed by atoms with Gasteiger partial charge in [0, 0.05) is 13.6 Å². The van der Waals surface area contributed by atoms with Crippen LogP contribution in [-0.4, -0.2) is 50.6 Å². The van der Waals surface area contributed by atoms with E-state index in [0.29, 0.717) is 13.1 Å². The van der Waals surface area contributed by atoms with Crippen molar-refractivity contribution >= 4 is 11.9 Å². The third kappa shape index (κ3) is 6.36. The molecule has 0 aromatic rings. The van der Waals surface area contributed by atoms with Gasteiger partial charge in [-0.05, 0) is 19.0 Å². The van der Waals surface area contributed by atoms with Gasteiger partial charge in [0.15, 0.2) is 0 Å². The summed E-state index contributed by atoms with van der Waals surface area (Å²) in [6.07, 6.45) is 0. The largest absolute Gasteiger partial charge is 0.341 e. The van der Waals surface area contributed by atoms with E-state index in [-0.39, 0.29) is 17.9 Å². The normalized spacial score (nSPS) is 11.4. The van der Waals surface area contributed by atoms with Crippen molar-refractivity contribution in [3.63, 3.8) is 0 Å². The van der Waals surface area contributed by atoms with E-state index in [0.717, 1.165) is 0 Å². The summed E-state index contributed by atoms with van der Waals surface area (Å²) in [5.74, 6) is -0.324. The number of urea groups is 1. The summed E-state index contributed by atoms with van der Waals surface area (Å²) in [6.45, 7) is 5.48. The zero-order chi connectivity index (χ0) is 12.8. The second-order valence-electron chi connectivity index (χ2n) is 4.67. The highest BCUT2D eigenvalue weighted by molar-refractivity contribution is 5.95. The van der Waals surface area contributed by atoms with Gasteiger partial charge in [-0.3, -0.25) is 15.0 Å². The molecule has 0 unspecified atom stereocenters. The molecule has 6 nitrogen and oxygen atoms in total. The van der Waals surface area contributed by atoms with Crippen LogP contribution < -0.4 is 16.4 Å². The van der Waals surface area contributed by atoms with E-state index in [4.69, 9.17) is 5.73 Å². The smallest absolute Gasteiger partial charge is 0.321 e. The fourth-order valence-electron chi connectivity index (χ4n) is 1.32. The molecule has 0 aliphatic rings. The van der Waals surface area contributed by atoms with Crippen molar-refractivity contribution in [2.45, 2.75) is 13.8 Å². The molecule has 0 spiro atoms. The number of amides is 3. The number of rotatable bonds is 5. The van der Waals surface area contributed by atoms with E-state index < -0.39 is 6.03 Å². The average molecular weight is 230 g/mol. The Kier molecular flexibility index (Phi) is 5.98. The Morgan fingerprint density at radius 2 is 1.94 bits per heavy atom. The van der Waals surface area contributed by atoms with Crippen LogP contribution in [0.3, 0.4) is 0 Å². The monoisotopic (exact) mass is 230 g/mol. The molecule has 0 aliphatic carbocycles. The van der Waals surface area contributed by atoms with Crippen molar-refractivity contribution in [2.24, 2.45) is 11.1 Å². The van der Waals surface area contributed by atoms with E-state index in [2.05, 4.69) is 10.6 Å². The van der Waals surface area contributed by atoms with Crippen LogP contribution in [-0.2, 0) is 4.79 Å². The second kappa shape index (κ2) is 6.44. The topological polar surface area (TPSA) is 87.5 Å². The molecule has 0 rings (SSSR count). The predicted octanol–water partition coefficient (Wildman–Crippen LogP) is -0.641. The maximum atomic E-state index is 11.4. The van der Waals surface area contributed by atoms with Crippen molar-refractivity contribution in [1.29, 1.82) is 0 Å². The van der Waals surface area contributed by atoms with Crippen molar-refractivity contribution in [1.82, 2.24) is 15.5 Å². The maximum absolute atomic E-state index is 11.4. The van der Waals surface area contributed by atoms with Gasteiger partial charge in [0.05, 0.1) is 6.54 Å². The zero-order valence-electron chi connectivity index (χ0n) is 10.5. The van der Waals surface area contributed by atoms with Gasteiger partial charge >= 0.3 is 6.03 Å². The van der Waals surface area contributed by atoms with Crippen LogP contribution in [0.1, 0.15) is 13.8 Å². The van der Waals surface area contributed by atoms with Crippen molar-refractivity contribution in [3.8, 4) is 0 Å². The van der Waals surface area contributed by atoms with Gasteiger partial charge in [-0.15, -0.1) is 0 Å². The molecule has 3 amide bonds. The number of carbonyl (C=O) groups excluding carboxylic acids is 2. The lowest BCUT2D eigenvalue weighted by Crippen LogP contribution is -2.45. The minimum absolute atomic E-state index is 0.0396. The lowest BCUT2D eigenvalue weighted by Gasteiger charge is -2.28. The molecule has 16 heavy (non-hydrogen) atoms.